The minimum Gasteiger partial charge on any atom is -0.379 e. The van der Waals surface area contributed by atoms with Crippen LogP contribution < -0.4 is 0 Å². The van der Waals surface area contributed by atoms with Crippen LogP contribution in [0.1, 0.15) is 19.4 Å². The molecule has 0 aliphatic carbocycles. The summed E-state index contributed by atoms with van der Waals surface area (Å²) in [7, 11) is 0. The Balaban J connectivity index is 1.59. The molecule has 0 spiro atoms. The van der Waals surface area contributed by atoms with Crippen LogP contribution in [0.3, 0.4) is 0 Å². The van der Waals surface area contributed by atoms with Crippen LogP contribution in [0.4, 0.5) is 0 Å². The minimum absolute atomic E-state index is 0.313. The Hall–Kier alpha value is -1.43. The Kier molecular flexibility index (Phi) is 4.24. The smallest absolute Gasteiger partial charge is 0.0890 e. The van der Waals surface area contributed by atoms with Gasteiger partial charge in [-0.25, -0.2) is 4.52 Å². The topological polar surface area (TPSA) is 39.0 Å². The minimum atomic E-state index is -0.313. The molecule has 0 aromatic carbocycles. The molecule has 3 heterocycles. The van der Waals surface area contributed by atoms with Crippen LogP contribution in [0.15, 0.2) is 30.6 Å². The van der Waals surface area contributed by atoms with Gasteiger partial charge in [-0.1, -0.05) is 6.07 Å². The molecule has 3 rings (SSSR count). The van der Waals surface area contributed by atoms with Gasteiger partial charge in [0.2, 0.25) is 0 Å². The molecule has 21 heavy (non-hydrogen) atoms. The Morgan fingerprint density at radius 3 is 2.86 bits per heavy atom. The van der Waals surface area contributed by atoms with E-state index in [-0.39, 0.29) is 5.60 Å². The quantitative estimate of drug-likeness (QED) is 0.843. The molecule has 5 nitrogen and oxygen atoms in total. The molecule has 2 aromatic heterocycles. The highest BCUT2D eigenvalue weighted by molar-refractivity contribution is 5.46. The number of hydrogen-bond acceptors (Lipinski definition) is 4. The predicted molar refractivity (Wildman–Crippen MR) is 81.4 cm³/mol. The molecule has 5 heteroatoms. The molecule has 2 aromatic rings. The molecule has 0 radical (unpaired) electrons. The summed E-state index contributed by atoms with van der Waals surface area (Å²) in [6, 6.07) is 6.19. The second kappa shape index (κ2) is 6.13. The van der Waals surface area contributed by atoms with Crippen LogP contribution in [0.2, 0.25) is 0 Å². The van der Waals surface area contributed by atoms with E-state index in [1.165, 1.54) is 0 Å². The van der Waals surface area contributed by atoms with E-state index in [0.717, 1.165) is 50.5 Å². The molecular formula is C16H23N3O2. The van der Waals surface area contributed by atoms with Crippen molar-refractivity contribution >= 4 is 5.52 Å². The highest BCUT2D eigenvalue weighted by atomic mass is 16.5. The average Bonchev–Trinajstić information content (AvgIpc) is 2.95. The van der Waals surface area contributed by atoms with Gasteiger partial charge in [0.05, 0.1) is 30.9 Å². The number of pyridine rings is 1. The zero-order valence-corrected chi connectivity index (χ0v) is 12.8. The van der Waals surface area contributed by atoms with Crippen LogP contribution in [-0.2, 0) is 15.1 Å². The molecule has 0 unspecified atom stereocenters. The third-order valence-corrected chi connectivity index (χ3v) is 4.07. The first-order valence-electron chi connectivity index (χ1n) is 7.53. The van der Waals surface area contributed by atoms with Crippen molar-refractivity contribution in [1.82, 2.24) is 14.5 Å². The highest BCUT2D eigenvalue weighted by Crippen LogP contribution is 2.24. The monoisotopic (exact) mass is 289 g/mol. The first-order valence-corrected chi connectivity index (χ1v) is 7.53. The van der Waals surface area contributed by atoms with Crippen LogP contribution in [0, 0.1) is 0 Å². The van der Waals surface area contributed by atoms with Crippen LogP contribution in [0.5, 0.6) is 0 Å². The third kappa shape index (κ3) is 3.43. The lowest BCUT2D eigenvalue weighted by molar-refractivity contribution is -0.0422. The molecule has 1 aliphatic heterocycles. The number of rotatable bonds is 5. The van der Waals surface area contributed by atoms with E-state index in [4.69, 9.17) is 9.47 Å². The summed E-state index contributed by atoms with van der Waals surface area (Å²) in [4.78, 5) is 2.39. The van der Waals surface area contributed by atoms with E-state index in [1.54, 1.807) is 0 Å². The van der Waals surface area contributed by atoms with Gasteiger partial charge in [0.25, 0.3) is 0 Å². The van der Waals surface area contributed by atoms with Crippen molar-refractivity contribution < 1.29 is 9.47 Å². The SMILES string of the molecule is CC(C)(OCCN1CCOCC1)c1ccc2ccnn2c1. The number of morpholine rings is 1. The lowest BCUT2D eigenvalue weighted by atomic mass is 10.00. The lowest BCUT2D eigenvalue weighted by Crippen LogP contribution is -2.39. The van der Waals surface area contributed by atoms with E-state index in [2.05, 4.69) is 36.0 Å². The van der Waals surface area contributed by atoms with Crippen molar-refractivity contribution in [2.45, 2.75) is 19.4 Å². The fraction of sp³-hybridized carbons (Fsp3) is 0.562. The highest BCUT2D eigenvalue weighted by Gasteiger charge is 2.22. The Morgan fingerprint density at radius 1 is 1.24 bits per heavy atom. The molecule has 0 bridgehead atoms. The van der Waals surface area contributed by atoms with Crippen LogP contribution in [-0.4, -0.2) is 54.0 Å². The largest absolute Gasteiger partial charge is 0.379 e. The molecule has 0 N–H and O–H groups in total. The summed E-state index contributed by atoms with van der Waals surface area (Å²) in [6.07, 6.45) is 3.86. The van der Waals surface area contributed by atoms with Gasteiger partial charge >= 0.3 is 0 Å². The second-order valence-corrected chi connectivity index (χ2v) is 5.93. The van der Waals surface area contributed by atoms with Gasteiger partial charge in [0.15, 0.2) is 0 Å². The van der Waals surface area contributed by atoms with Gasteiger partial charge in [-0.2, -0.15) is 5.10 Å². The molecular weight excluding hydrogens is 266 g/mol. The average molecular weight is 289 g/mol. The molecule has 114 valence electrons. The molecule has 1 aliphatic rings. The summed E-state index contributed by atoms with van der Waals surface area (Å²) in [5.41, 5.74) is 1.93. The van der Waals surface area contributed by atoms with Gasteiger partial charge < -0.3 is 9.47 Å². The van der Waals surface area contributed by atoms with Crippen molar-refractivity contribution in [2.24, 2.45) is 0 Å². The van der Waals surface area contributed by atoms with Gasteiger partial charge in [-0.15, -0.1) is 0 Å². The van der Waals surface area contributed by atoms with E-state index < -0.39 is 0 Å². The van der Waals surface area contributed by atoms with Gasteiger partial charge in [-0.05, 0) is 26.0 Å². The molecule has 1 fully saturated rings. The first kappa shape index (κ1) is 14.5. The zero-order chi connectivity index (χ0) is 14.7. The van der Waals surface area contributed by atoms with Crippen molar-refractivity contribution in [3.63, 3.8) is 0 Å². The maximum absolute atomic E-state index is 6.12. The maximum atomic E-state index is 6.12. The summed E-state index contributed by atoms with van der Waals surface area (Å²) in [5.74, 6) is 0. The lowest BCUT2D eigenvalue weighted by Gasteiger charge is -2.30. The molecule has 0 atom stereocenters. The number of nitrogens with zero attached hydrogens (tertiary/aromatic N) is 3. The normalized spacial score (nSPS) is 17.4. The molecule has 0 amide bonds. The van der Waals surface area contributed by atoms with Gasteiger partial charge in [0.1, 0.15) is 0 Å². The van der Waals surface area contributed by atoms with Crippen molar-refractivity contribution in [3.8, 4) is 0 Å². The van der Waals surface area contributed by atoms with Crippen molar-refractivity contribution in [3.05, 3.63) is 36.2 Å². The van der Waals surface area contributed by atoms with Crippen LogP contribution in [0.25, 0.3) is 5.52 Å². The van der Waals surface area contributed by atoms with Gasteiger partial charge in [-0.3, -0.25) is 4.90 Å². The predicted octanol–water partition coefficient (Wildman–Crippen LogP) is 1.92. The van der Waals surface area contributed by atoms with E-state index in [9.17, 15) is 0 Å². The number of ether oxygens (including phenoxy) is 2. The maximum Gasteiger partial charge on any atom is 0.0890 e. The Morgan fingerprint density at radius 2 is 2.05 bits per heavy atom. The van der Waals surface area contributed by atoms with E-state index in [1.807, 2.05) is 23.0 Å². The number of aromatic nitrogens is 2. The van der Waals surface area contributed by atoms with E-state index in [0.29, 0.717) is 0 Å². The van der Waals surface area contributed by atoms with Crippen molar-refractivity contribution in [1.29, 1.82) is 0 Å². The standard InChI is InChI=1S/C16H23N3O2/c1-16(2,21-12-9-18-7-10-20-11-8-18)14-3-4-15-5-6-17-19(15)13-14/h3-6,13H,7-12H2,1-2H3. The van der Waals surface area contributed by atoms with Crippen molar-refractivity contribution in [2.75, 3.05) is 39.5 Å². The fourth-order valence-electron chi connectivity index (χ4n) is 2.61. The number of fused-ring (bicyclic) bond motifs is 1. The second-order valence-electron chi connectivity index (χ2n) is 5.93. The third-order valence-electron chi connectivity index (χ3n) is 4.07. The van der Waals surface area contributed by atoms with Crippen LogP contribution >= 0.6 is 0 Å². The summed E-state index contributed by atoms with van der Waals surface area (Å²) >= 11 is 0. The summed E-state index contributed by atoms with van der Waals surface area (Å²) in [6.45, 7) is 9.57. The molecule has 0 saturated carbocycles. The summed E-state index contributed by atoms with van der Waals surface area (Å²) in [5, 5.41) is 4.29. The number of hydrogen-bond donors (Lipinski definition) is 0. The molecule has 1 saturated heterocycles. The zero-order valence-electron chi connectivity index (χ0n) is 12.8. The Bertz CT molecular complexity index is 588. The Labute approximate surface area is 125 Å². The summed E-state index contributed by atoms with van der Waals surface area (Å²) < 4.78 is 13.4. The van der Waals surface area contributed by atoms with E-state index >= 15 is 0 Å². The van der Waals surface area contributed by atoms with Gasteiger partial charge in [0, 0.05) is 37.6 Å². The first-order chi connectivity index (χ1) is 10.1. The fourth-order valence-corrected chi connectivity index (χ4v) is 2.61.